The highest BCUT2D eigenvalue weighted by atomic mass is 15.2. The molecule has 0 fully saturated rings. The highest BCUT2D eigenvalue weighted by molar-refractivity contribution is 6.22. The quantitative estimate of drug-likeness (QED) is 0.179. The number of nitrogens with zero attached hydrogens (tertiary/aromatic N) is 4. The Bertz CT molecular complexity index is 3740. The summed E-state index contributed by atoms with van der Waals surface area (Å²) in [5, 5.41) is 11.1. The normalized spacial score (nSPS) is 13.1. The molecule has 0 unspecified atom stereocenters. The maximum atomic E-state index is 5.52. The lowest BCUT2D eigenvalue weighted by atomic mass is 9.88. The molecule has 0 atom stereocenters. The van der Waals surface area contributed by atoms with Crippen molar-refractivity contribution < 1.29 is 0 Å². The number of rotatable bonds is 4. The molecule has 0 radical (unpaired) electrons. The number of aryl methyl sites for hydroxylation is 2. The van der Waals surface area contributed by atoms with Gasteiger partial charge in [0.2, 0.25) is 5.95 Å². The molecule has 0 saturated carbocycles. The van der Waals surface area contributed by atoms with Gasteiger partial charge in [0, 0.05) is 38.2 Å². The monoisotopic (exact) mass is 766 g/mol. The van der Waals surface area contributed by atoms with Crippen LogP contribution in [0.25, 0.3) is 110 Å². The third-order valence-corrected chi connectivity index (χ3v) is 13.1. The van der Waals surface area contributed by atoms with Crippen molar-refractivity contribution in [2.45, 2.75) is 25.7 Å². The van der Waals surface area contributed by atoms with Crippen LogP contribution in [0.15, 0.2) is 182 Å². The van der Waals surface area contributed by atoms with Crippen LogP contribution in [0, 0.1) is 0 Å². The first kappa shape index (κ1) is 33.4. The van der Waals surface area contributed by atoms with E-state index in [0.717, 1.165) is 57.3 Å². The van der Waals surface area contributed by atoms with E-state index >= 15 is 0 Å². The summed E-state index contributed by atoms with van der Waals surface area (Å²) in [5.74, 6) is 0.659. The van der Waals surface area contributed by atoms with Gasteiger partial charge in [-0.1, -0.05) is 127 Å². The lowest BCUT2D eigenvalue weighted by Crippen LogP contribution is -2.04. The van der Waals surface area contributed by atoms with E-state index in [4.69, 9.17) is 9.97 Å². The van der Waals surface area contributed by atoms with Gasteiger partial charge in [-0.3, -0.25) is 4.57 Å². The maximum Gasteiger partial charge on any atom is 0.235 e. The van der Waals surface area contributed by atoms with E-state index in [0.29, 0.717) is 5.95 Å². The topological polar surface area (TPSA) is 35.6 Å². The van der Waals surface area contributed by atoms with Crippen LogP contribution in [0.2, 0.25) is 0 Å². The molecule has 0 spiro atoms. The summed E-state index contributed by atoms with van der Waals surface area (Å²) >= 11 is 0. The van der Waals surface area contributed by atoms with Crippen LogP contribution < -0.4 is 0 Å². The second-order valence-corrected chi connectivity index (χ2v) is 16.4. The number of hydrogen-bond acceptors (Lipinski definition) is 2. The zero-order valence-corrected chi connectivity index (χ0v) is 32.9. The van der Waals surface area contributed by atoms with Gasteiger partial charge in [0.25, 0.3) is 0 Å². The minimum atomic E-state index is 0.659. The predicted octanol–water partition coefficient (Wildman–Crippen LogP) is 14.3. The average Bonchev–Trinajstić information content (AvgIpc) is 3.84. The standard InChI is InChI=1S/C56H38N4/c1-2-15-38-32-40(25-24-35(38)12-1)39-16-11-17-41(33-39)55-45-20-7-9-22-48(45)57-56(58-55)60-50-31-28-42(34-47(50)54-44-19-6-4-14-37(44)27-30-52(54)60)59-49-23-10-8-21-46(49)53-43-18-5-3-13-36(43)26-29-51(53)59/h1-2,4,6-12,14-17,19-34H,3,5,13,18H2. The van der Waals surface area contributed by atoms with Crippen molar-refractivity contribution in [1.82, 2.24) is 19.1 Å². The van der Waals surface area contributed by atoms with E-state index in [-0.39, 0.29) is 0 Å². The van der Waals surface area contributed by atoms with Gasteiger partial charge in [0.05, 0.1) is 33.3 Å². The van der Waals surface area contributed by atoms with Crippen molar-refractivity contribution >= 4 is 76.1 Å². The van der Waals surface area contributed by atoms with Crippen molar-refractivity contribution in [3.63, 3.8) is 0 Å². The van der Waals surface area contributed by atoms with Crippen LogP contribution in [-0.2, 0) is 12.8 Å². The summed E-state index contributed by atoms with van der Waals surface area (Å²) in [7, 11) is 0. The first-order valence-corrected chi connectivity index (χ1v) is 21.1. The summed E-state index contributed by atoms with van der Waals surface area (Å²) in [4.78, 5) is 10.9. The van der Waals surface area contributed by atoms with Crippen molar-refractivity contribution in [2.24, 2.45) is 0 Å². The summed E-state index contributed by atoms with van der Waals surface area (Å²) in [6.07, 6.45) is 4.82. The Morgan fingerprint density at radius 2 is 1.07 bits per heavy atom. The molecule has 4 heteroatoms. The second-order valence-electron chi connectivity index (χ2n) is 16.4. The molecule has 1 aliphatic rings. The van der Waals surface area contributed by atoms with Crippen LogP contribution >= 0.6 is 0 Å². The molecule has 60 heavy (non-hydrogen) atoms. The van der Waals surface area contributed by atoms with Gasteiger partial charge in [-0.25, -0.2) is 9.97 Å². The van der Waals surface area contributed by atoms with Crippen LogP contribution in [0.1, 0.15) is 24.0 Å². The molecule has 0 saturated heterocycles. The molecule has 13 rings (SSSR count). The van der Waals surface area contributed by atoms with Gasteiger partial charge < -0.3 is 4.57 Å². The van der Waals surface area contributed by atoms with Crippen molar-refractivity contribution in [3.05, 3.63) is 193 Å². The van der Waals surface area contributed by atoms with E-state index in [9.17, 15) is 0 Å². The minimum absolute atomic E-state index is 0.659. The third-order valence-electron chi connectivity index (χ3n) is 13.1. The Hall–Kier alpha value is -7.56. The molecule has 0 aliphatic heterocycles. The summed E-state index contributed by atoms with van der Waals surface area (Å²) in [6, 6.07) is 66.4. The summed E-state index contributed by atoms with van der Waals surface area (Å²) < 4.78 is 4.77. The fourth-order valence-electron chi connectivity index (χ4n) is 10.3. The Morgan fingerprint density at radius 3 is 2.00 bits per heavy atom. The molecular weight excluding hydrogens is 729 g/mol. The first-order chi connectivity index (χ1) is 29.7. The summed E-state index contributed by atoms with van der Waals surface area (Å²) in [6.45, 7) is 0. The van der Waals surface area contributed by atoms with Gasteiger partial charge in [-0.2, -0.15) is 0 Å². The largest absolute Gasteiger partial charge is 0.309 e. The van der Waals surface area contributed by atoms with Crippen LogP contribution in [0.3, 0.4) is 0 Å². The molecule has 3 heterocycles. The number of aromatic nitrogens is 4. The van der Waals surface area contributed by atoms with Gasteiger partial charge in [0.1, 0.15) is 0 Å². The van der Waals surface area contributed by atoms with Crippen LogP contribution in [-0.4, -0.2) is 19.1 Å². The molecule has 0 N–H and O–H groups in total. The number of fused-ring (bicyclic) bond motifs is 12. The highest BCUT2D eigenvalue weighted by Gasteiger charge is 2.23. The molecule has 3 aromatic heterocycles. The van der Waals surface area contributed by atoms with Crippen LogP contribution in [0.5, 0.6) is 0 Å². The molecule has 4 nitrogen and oxygen atoms in total. The van der Waals surface area contributed by atoms with Crippen molar-refractivity contribution in [3.8, 4) is 34.0 Å². The fraction of sp³-hybridized carbons (Fsp3) is 0.0714. The first-order valence-electron chi connectivity index (χ1n) is 21.1. The third kappa shape index (κ3) is 4.97. The van der Waals surface area contributed by atoms with Gasteiger partial charge in [-0.05, 0) is 124 Å². The Kier molecular flexibility index (Phi) is 7.23. The van der Waals surface area contributed by atoms with Crippen molar-refractivity contribution in [2.75, 3.05) is 0 Å². The molecule has 0 amide bonds. The highest BCUT2D eigenvalue weighted by Crippen LogP contribution is 2.42. The second kappa shape index (κ2) is 13.0. The zero-order valence-electron chi connectivity index (χ0n) is 32.9. The van der Waals surface area contributed by atoms with E-state index in [1.807, 2.05) is 0 Å². The smallest absolute Gasteiger partial charge is 0.235 e. The van der Waals surface area contributed by atoms with E-state index < -0.39 is 0 Å². The molecule has 282 valence electrons. The zero-order chi connectivity index (χ0) is 39.3. The number of hydrogen-bond donors (Lipinski definition) is 0. The van der Waals surface area contributed by atoms with Gasteiger partial charge >= 0.3 is 0 Å². The van der Waals surface area contributed by atoms with Crippen molar-refractivity contribution in [1.29, 1.82) is 0 Å². The van der Waals surface area contributed by atoms with E-state index in [1.165, 1.54) is 83.7 Å². The maximum absolute atomic E-state index is 5.52. The SMILES string of the molecule is c1cc(-c2ccc3ccccc3c2)cc(-c2nc(-n3c4ccc(-n5c6ccccc6c6c7c(ccc65)CCCC7)cc4c4c5ccccc5ccc43)nc3ccccc23)c1. The minimum Gasteiger partial charge on any atom is -0.309 e. The summed E-state index contributed by atoms with van der Waals surface area (Å²) in [5.41, 5.74) is 14.1. The Balaban J connectivity index is 1.06. The number of benzene rings is 9. The Labute approximate surface area is 346 Å². The Morgan fingerprint density at radius 1 is 0.383 bits per heavy atom. The van der Waals surface area contributed by atoms with Crippen LogP contribution in [0.4, 0.5) is 0 Å². The predicted molar refractivity (Wildman–Crippen MR) is 251 cm³/mol. The fourth-order valence-corrected chi connectivity index (χ4v) is 10.3. The lowest BCUT2D eigenvalue weighted by molar-refractivity contribution is 0.690. The van der Waals surface area contributed by atoms with E-state index in [2.05, 4.69) is 191 Å². The average molecular weight is 767 g/mol. The molecule has 0 bridgehead atoms. The number of para-hydroxylation sites is 2. The molecule has 12 aromatic rings. The van der Waals surface area contributed by atoms with Gasteiger partial charge in [0.15, 0.2) is 0 Å². The molecular formula is C56H38N4. The lowest BCUT2D eigenvalue weighted by Gasteiger charge is -2.17. The van der Waals surface area contributed by atoms with E-state index in [1.54, 1.807) is 0 Å². The van der Waals surface area contributed by atoms with Gasteiger partial charge in [-0.15, -0.1) is 0 Å². The molecule has 9 aromatic carbocycles. The molecule has 1 aliphatic carbocycles.